The van der Waals surface area contributed by atoms with Gasteiger partial charge in [0.05, 0.1) is 0 Å². The number of likely N-dealkylation sites (tertiary alicyclic amines) is 1. The molecule has 0 aromatic heterocycles. The van der Waals surface area contributed by atoms with E-state index in [2.05, 4.69) is 5.32 Å². The van der Waals surface area contributed by atoms with Gasteiger partial charge in [-0.3, -0.25) is 9.59 Å². The number of carbonyl (C=O) groups excluding carboxylic acids is 2. The van der Waals surface area contributed by atoms with Gasteiger partial charge in [-0.25, -0.2) is 0 Å². The number of nitrogens with zero attached hydrogens (tertiary/aromatic N) is 1. The molecule has 0 radical (unpaired) electrons. The third kappa shape index (κ3) is 3.71. The Balaban J connectivity index is 1.81. The van der Waals surface area contributed by atoms with Gasteiger partial charge in [-0.15, -0.1) is 0 Å². The molecular formula is C14H17ClN2O3. The summed E-state index contributed by atoms with van der Waals surface area (Å²) in [6, 6.07) is 6.54. The van der Waals surface area contributed by atoms with Crippen molar-refractivity contribution in [1.29, 1.82) is 0 Å². The number of aliphatic hydroxyl groups excluding tert-OH is 1. The van der Waals surface area contributed by atoms with Crippen LogP contribution < -0.4 is 5.32 Å². The summed E-state index contributed by atoms with van der Waals surface area (Å²) >= 11 is 5.81. The Labute approximate surface area is 122 Å². The van der Waals surface area contributed by atoms with E-state index < -0.39 is 12.0 Å². The molecule has 1 saturated heterocycles. The quantitative estimate of drug-likeness (QED) is 0.855. The van der Waals surface area contributed by atoms with Gasteiger partial charge in [-0.2, -0.15) is 0 Å². The Morgan fingerprint density at radius 1 is 1.50 bits per heavy atom. The second-order valence-electron chi connectivity index (χ2n) is 4.73. The van der Waals surface area contributed by atoms with E-state index in [1.165, 1.54) is 0 Å². The smallest absolute Gasteiger partial charge is 0.253 e. The number of hydrogen-bond donors (Lipinski definition) is 2. The molecule has 1 fully saturated rings. The van der Waals surface area contributed by atoms with E-state index in [0.29, 0.717) is 30.1 Å². The molecule has 0 aliphatic carbocycles. The lowest BCUT2D eigenvalue weighted by atomic mass is 10.1. The fourth-order valence-electron chi connectivity index (χ4n) is 2.18. The lowest BCUT2D eigenvalue weighted by molar-refractivity contribution is -0.131. The van der Waals surface area contributed by atoms with Gasteiger partial charge in [0.2, 0.25) is 5.91 Å². The lowest BCUT2D eigenvalue weighted by Gasteiger charge is -2.17. The molecule has 20 heavy (non-hydrogen) atoms. The fraction of sp³-hybridized carbons (Fsp3) is 0.429. The van der Waals surface area contributed by atoms with Gasteiger partial charge in [-0.1, -0.05) is 23.7 Å². The molecule has 1 aromatic carbocycles. The van der Waals surface area contributed by atoms with E-state index in [-0.39, 0.29) is 5.91 Å². The molecule has 1 aliphatic rings. The van der Waals surface area contributed by atoms with Crippen molar-refractivity contribution in [2.45, 2.75) is 18.9 Å². The van der Waals surface area contributed by atoms with Gasteiger partial charge in [0.25, 0.3) is 5.91 Å². The highest BCUT2D eigenvalue weighted by Gasteiger charge is 2.21. The van der Waals surface area contributed by atoms with Gasteiger partial charge in [-0.05, 0) is 24.1 Å². The molecule has 2 amide bonds. The highest BCUT2D eigenvalue weighted by atomic mass is 35.5. The number of rotatable bonds is 5. The second kappa shape index (κ2) is 6.72. The lowest BCUT2D eigenvalue weighted by Crippen LogP contribution is -2.37. The molecule has 0 saturated carbocycles. The van der Waals surface area contributed by atoms with Crippen LogP contribution in [-0.2, 0) is 9.59 Å². The first-order chi connectivity index (χ1) is 9.58. The zero-order chi connectivity index (χ0) is 14.5. The molecule has 0 bridgehead atoms. The zero-order valence-electron chi connectivity index (χ0n) is 11.0. The summed E-state index contributed by atoms with van der Waals surface area (Å²) in [5.74, 6) is -0.367. The van der Waals surface area contributed by atoms with Crippen LogP contribution in [0.25, 0.3) is 0 Å². The van der Waals surface area contributed by atoms with Crippen molar-refractivity contribution in [3.63, 3.8) is 0 Å². The Bertz CT molecular complexity index is 507. The molecule has 5 nitrogen and oxygen atoms in total. The summed E-state index contributed by atoms with van der Waals surface area (Å²) in [6.07, 6.45) is 0.208. The Kier molecular flexibility index (Phi) is 4.98. The van der Waals surface area contributed by atoms with Gasteiger partial charge in [0, 0.05) is 31.1 Å². The molecule has 1 aliphatic heterocycles. The van der Waals surface area contributed by atoms with E-state index in [0.717, 1.165) is 13.0 Å². The van der Waals surface area contributed by atoms with E-state index in [1.807, 2.05) is 0 Å². The van der Waals surface area contributed by atoms with Crippen molar-refractivity contribution in [3.05, 3.63) is 34.9 Å². The number of amides is 2. The van der Waals surface area contributed by atoms with Crippen LogP contribution in [-0.4, -0.2) is 41.5 Å². The first-order valence-electron chi connectivity index (χ1n) is 6.57. The summed E-state index contributed by atoms with van der Waals surface area (Å²) in [7, 11) is 0. The summed E-state index contributed by atoms with van der Waals surface area (Å²) < 4.78 is 0. The number of hydrogen-bond acceptors (Lipinski definition) is 3. The maximum Gasteiger partial charge on any atom is 0.253 e. The molecular weight excluding hydrogens is 280 g/mol. The van der Waals surface area contributed by atoms with Crippen LogP contribution in [0.1, 0.15) is 24.5 Å². The molecule has 2 N–H and O–H groups in total. The molecule has 108 valence electrons. The van der Waals surface area contributed by atoms with Crippen molar-refractivity contribution < 1.29 is 14.7 Å². The maximum atomic E-state index is 11.8. The number of nitrogens with one attached hydrogen (secondary N) is 1. The van der Waals surface area contributed by atoms with Crippen molar-refractivity contribution in [2.24, 2.45) is 0 Å². The first-order valence-corrected chi connectivity index (χ1v) is 6.95. The highest BCUT2D eigenvalue weighted by Crippen LogP contribution is 2.17. The molecule has 1 atom stereocenters. The summed E-state index contributed by atoms with van der Waals surface area (Å²) in [5.41, 5.74) is 0.451. The average molecular weight is 297 g/mol. The molecule has 1 unspecified atom stereocenters. The zero-order valence-corrected chi connectivity index (χ0v) is 11.8. The van der Waals surface area contributed by atoms with Crippen molar-refractivity contribution in [3.8, 4) is 0 Å². The fourth-order valence-corrected chi connectivity index (χ4v) is 2.38. The van der Waals surface area contributed by atoms with Crippen LogP contribution in [0.2, 0.25) is 5.02 Å². The van der Waals surface area contributed by atoms with Crippen molar-refractivity contribution in [1.82, 2.24) is 10.2 Å². The van der Waals surface area contributed by atoms with Crippen LogP contribution in [0, 0.1) is 0 Å². The maximum absolute atomic E-state index is 11.8. The predicted molar refractivity (Wildman–Crippen MR) is 75.2 cm³/mol. The van der Waals surface area contributed by atoms with E-state index in [9.17, 15) is 14.7 Å². The molecule has 2 rings (SSSR count). The summed E-state index contributed by atoms with van der Waals surface area (Å²) in [6.45, 7) is 1.56. The summed E-state index contributed by atoms with van der Waals surface area (Å²) in [4.78, 5) is 24.9. The van der Waals surface area contributed by atoms with Crippen LogP contribution >= 0.6 is 11.6 Å². The highest BCUT2D eigenvalue weighted by molar-refractivity contribution is 6.30. The first kappa shape index (κ1) is 14.8. The van der Waals surface area contributed by atoms with Gasteiger partial charge < -0.3 is 15.3 Å². The van der Waals surface area contributed by atoms with Gasteiger partial charge >= 0.3 is 0 Å². The predicted octanol–water partition coefficient (Wildman–Crippen LogP) is 1.11. The van der Waals surface area contributed by atoms with Crippen molar-refractivity contribution in [2.75, 3.05) is 19.6 Å². The molecule has 0 spiro atoms. The number of halogens is 1. The molecule has 6 heteroatoms. The second-order valence-corrected chi connectivity index (χ2v) is 5.17. The Morgan fingerprint density at radius 3 is 2.95 bits per heavy atom. The standard InChI is InChI=1S/C14H17ClN2O3/c15-11-4-1-3-10(9-11)13(19)14(20)16-6-8-17-7-2-5-12(17)18/h1,3-4,9,13,19H,2,5-8H2,(H,16,20). The number of carbonyl (C=O) groups is 2. The normalized spacial score (nSPS) is 16.3. The average Bonchev–Trinajstić information content (AvgIpc) is 2.83. The number of benzene rings is 1. The third-order valence-corrected chi connectivity index (χ3v) is 3.50. The Hall–Kier alpha value is -1.59. The van der Waals surface area contributed by atoms with Crippen LogP contribution in [0.4, 0.5) is 0 Å². The SMILES string of the molecule is O=C(NCCN1CCCC1=O)C(O)c1cccc(Cl)c1. The van der Waals surface area contributed by atoms with Crippen molar-refractivity contribution >= 4 is 23.4 Å². The minimum absolute atomic E-state index is 0.120. The summed E-state index contributed by atoms with van der Waals surface area (Å²) in [5, 5.41) is 13.0. The Morgan fingerprint density at radius 2 is 2.30 bits per heavy atom. The topological polar surface area (TPSA) is 69.6 Å². The van der Waals surface area contributed by atoms with Crippen LogP contribution in [0.3, 0.4) is 0 Å². The van der Waals surface area contributed by atoms with E-state index in [1.54, 1.807) is 29.2 Å². The van der Waals surface area contributed by atoms with E-state index in [4.69, 9.17) is 11.6 Å². The minimum atomic E-state index is -1.25. The van der Waals surface area contributed by atoms with Gasteiger partial charge in [0.1, 0.15) is 0 Å². The van der Waals surface area contributed by atoms with Crippen LogP contribution in [0.15, 0.2) is 24.3 Å². The van der Waals surface area contributed by atoms with E-state index >= 15 is 0 Å². The largest absolute Gasteiger partial charge is 0.378 e. The molecule has 1 aromatic rings. The van der Waals surface area contributed by atoms with Crippen LogP contribution in [0.5, 0.6) is 0 Å². The molecule has 1 heterocycles. The minimum Gasteiger partial charge on any atom is -0.378 e. The monoisotopic (exact) mass is 296 g/mol. The van der Waals surface area contributed by atoms with Gasteiger partial charge in [0.15, 0.2) is 6.10 Å². The number of aliphatic hydroxyl groups is 1. The third-order valence-electron chi connectivity index (χ3n) is 3.27.